The fourth-order valence-corrected chi connectivity index (χ4v) is 4.23. The van der Waals surface area contributed by atoms with Gasteiger partial charge in [-0.3, -0.25) is 9.69 Å². The van der Waals surface area contributed by atoms with E-state index in [1.807, 2.05) is 12.1 Å². The number of amides is 1. The van der Waals surface area contributed by atoms with Crippen LogP contribution >= 0.6 is 0 Å². The maximum absolute atomic E-state index is 12.0. The van der Waals surface area contributed by atoms with Crippen molar-refractivity contribution < 1.29 is 9.21 Å². The van der Waals surface area contributed by atoms with Crippen LogP contribution < -0.4 is 10.6 Å². The van der Waals surface area contributed by atoms with E-state index in [0.717, 1.165) is 31.4 Å². The van der Waals surface area contributed by atoms with Crippen molar-refractivity contribution in [2.24, 2.45) is 10.9 Å². The minimum absolute atomic E-state index is 0.00546. The summed E-state index contributed by atoms with van der Waals surface area (Å²) in [5, 5.41) is 6.98. The standard InChI is InChI=1S/C22H37N5O2/c1-26(2)21(28)17-25-22(23-15-18-9-4-3-5-10-18)24-16-19(20-11-8-14-29-20)27-12-6-7-13-27/h8,11,14,18-19H,3-7,9-10,12-13,15-17H2,1-2H3,(H2,23,24,25). The molecular weight excluding hydrogens is 366 g/mol. The molecule has 1 aliphatic carbocycles. The molecule has 2 N–H and O–H groups in total. The molecule has 1 aliphatic heterocycles. The lowest BCUT2D eigenvalue weighted by molar-refractivity contribution is -0.127. The zero-order valence-electron chi connectivity index (χ0n) is 18.0. The first kappa shape index (κ1) is 21.7. The van der Waals surface area contributed by atoms with Gasteiger partial charge in [0.15, 0.2) is 5.96 Å². The SMILES string of the molecule is CN(C)C(=O)CN=C(NCC1CCCCC1)NCC(c1ccco1)N1CCCC1. The van der Waals surface area contributed by atoms with Gasteiger partial charge in [0.25, 0.3) is 0 Å². The quantitative estimate of drug-likeness (QED) is 0.516. The fraction of sp³-hybridized carbons (Fsp3) is 0.727. The van der Waals surface area contributed by atoms with Crippen molar-refractivity contribution in [1.82, 2.24) is 20.4 Å². The maximum Gasteiger partial charge on any atom is 0.243 e. The third-order valence-electron chi connectivity index (χ3n) is 6.07. The van der Waals surface area contributed by atoms with Crippen LogP contribution in [0.25, 0.3) is 0 Å². The summed E-state index contributed by atoms with van der Waals surface area (Å²) in [4.78, 5) is 20.6. The molecule has 0 spiro atoms. The number of nitrogens with zero attached hydrogens (tertiary/aromatic N) is 3. The van der Waals surface area contributed by atoms with Gasteiger partial charge in [-0.05, 0) is 56.8 Å². The van der Waals surface area contributed by atoms with Crippen LogP contribution in [0.2, 0.25) is 0 Å². The lowest BCUT2D eigenvalue weighted by Gasteiger charge is -2.27. The third-order valence-corrected chi connectivity index (χ3v) is 6.07. The molecule has 1 saturated carbocycles. The van der Waals surface area contributed by atoms with Crippen molar-refractivity contribution >= 4 is 11.9 Å². The molecule has 1 unspecified atom stereocenters. The Kier molecular flexibility index (Phi) is 8.40. The summed E-state index contributed by atoms with van der Waals surface area (Å²) < 4.78 is 5.72. The Morgan fingerprint density at radius 2 is 1.97 bits per heavy atom. The number of guanidine groups is 1. The maximum atomic E-state index is 12.0. The van der Waals surface area contributed by atoms with Gasteiger partial charge < -0.3 is 20.0 Å². The van der Waals surface area contributed by atoms with Crippen LogP contribution in [-0.2, 0) is 4.79 Å². The second-order valence-electron chi connectivity index (χ2n) is 8.49. The second kappa shape index (κ2) is 11.2. The first-order valence-corrected chi connectivity index (χ1v) is 11.1. The van der Waals surface area contributed by atoms with Crippen LogP contribution in [0.3, 0.4) is 0 Å². The minimum Gasteiger partial charge on any atom is -0.468 e. The zero-order chi connectivity index (χ0) is 20.5. The number of nitrogens with one attached hydrogen (secondary N) is 2. The average molecular weight is 404 g/mol. The Bertz CT molecular complexity index is 632. The molecule has 7 heteroatoms. The van der Waals surface area contributed by atoms with Crippen molar-refractivity contribution in [3.63, 3.8) is 0 Å². The third kappa shape index (κ3) is 6.77. The highest BCUT2D eigenvalue weighted by Gasteiger charge is 2.26. The largest absolute Gasteiger partial charge is 0.468 e. The van der Waals surface area contributed by atoms with E-state index < -0.39 is 0 Å². The Hall–Kier alpha value is -2.02. The van der Waals surface area contributed by atoms with E-state index in [1.54, 1.807) is 25.3 Å². The van der Waals surface area contributed by atoms with Crippen molar-refractivity contribution in [3.05, 3.63) is 24.2 Å². The Morgan fingerprint density at radius 1 is 1.21 bits per heavy atom. The summed E-state index contributed by atoms with van der Waals surface area (Å²) in [6, 6.07) is 4.18. The molecule has 0 bridgehead atoms. The van der Waals surface area contributed by atoms with Gasteiger partial charge in [0.1, 0.15) is 12.3 Å². The Labute approximate surface area is 174 Å². The van der Waals surface area contributed by atoms with Gasteiger partial charge in [-0.15, -0.1) is 0 Å². The smallest absolute Gasteiger partial charge is 0.243 e. The predicted molar refractivity (Wildman–Crippen MR) is 116 cm³/mol. The van der Waals surface area contributed by atoms with E-state index in [2.05, 4.69) is 20.5 Å². The van der Waals surface area contributed by atoms with Gasteiger partial charge in [0.05, 0.1) is 12.3 Å². The number of rotatable bonds is 8. The second-order valence-corrected chi connectivity index (χ2v) is 8.49. The number of likely N-dealkylation sites (tertiary alicyclic amines) is 1. The predicted octanol–water partition coefficient (Wildman–Crippen LogP) is 2.62. The summed E-state index contributed by atoms with van der Waals surface area (Å²) in [6.07, 6.45) is 10.8. The summed E-state index contributed by atoms with van der Waals surface area (Å²) in [5.41, 5.74) is 0. The molecule has 29 heavy (non-hydrogen) atoms. The van der Waals surface area contributed by atoms with Gasteiger partial charge >= 0.3 is 0 Å². The molecule has 1 aromatic heterocycles. The molecule has 1 atom stereocenters. The van der Waals surface area contributed by atoms with Crippen molar-refractivity contribution in [2.45, 2.75) is 51.0 Å². The first-order chi connectivity index (χ1) is 14.1. The number of carbonyl (C=O) groups excluding carboxylic acids is 1. The number of furan rings is 1. The van der Waals surface area contributed by atoms with Crippen molar-refractivity contribution in [1.29, 1.82) is 0 Å². The first-order valence-electron chi connectivity index (χ1n) is 11.1. The van der Waals surface area contributed by atoms with E-state index in [0.29, 0.717) is 12.5 Å². The van der Waals surface area contributed by atoms with Crippen LogP contribution in [-0.4, -0.2) is 68.5 Å². The van der Waals surface area contributed by atoms with Gasteiger partial charge in [0.2, 0.25) is 5.91 Å². The van der Waals surface area contributed by atoms with Crippen molar-refractivity contribution in [3.8, 4) is 0 Å². The molecule has 1 aromatic rings. The molecule has 2 heterocycles. The Balaban J connectivity index is 1.61. The lowest BCUT2D eigenvalue weighted by Crippen LogP contribution is -2.44. The molecule has 2 aliphatic rings. The normalized spacial score (nSPS) is 19.9. The number of aliphatic imine (C=N–C) groups is 1. The number of carbonyl (C=O) groups is 1. The van der Waals surface area contributed by atoms with E-state index in [-0.39, 0.29) is 18.5 Å². The summed E-state index contributed by atoms with van der Waals surface area (Å²) in [6.45, 7) is 3.96. The van der Waals surface area contributed by atoms with Crippen LogP contribution in [0.15, 0.2) is 27.8 Å². The number of hydrogen-bond acceptors (Lipinski definition) is 4. The van der Waals surface area contributed by atoms with E-state index >= 15 is 0 Å². The molecule has 0 aromatic carbocycles. The highest BCUT2D eigenvalue weighted by atomic mass is 16.3. The average Bonchev–Trinajstić information content (AvgIpc) is 3.45. The van der Waals surface area contributed by atoms with Gasteiger partial charge in [-0.2, -0.15) is 0 Å². The minimum atomic E-state index is 0.00546. The van der Waals surface area contributed by atoms with Gasteiger partial charge in [0, 0.05) is 27.2 Å². The van der Waals surface area contributed by atoms with Crippen LogP contribution in [0, 0.1) is 5.92 Å². The molecule has 162 valence electrons. The lowest BCUT2D eigenvalue weighted by atomic mass is 9.89. The fourth-order valence-electron chi connectivity index (χ4n) is 4.23. The topological polar surface area (TPSA) is 73.1 Å². The van der Waals surface area contributed by atoms with Gasteiger partial charge in [-0.1, -0.05) is 19.3 Å². The summed E-state index contributed by atoms with van der Waals surface area (Å²) >= 11 is 0. The zero-order valence-corrected chi connectivity index (χ0v) is 18.0. The van der Waals surface area contributed by atoms with E-state index in [9.17, 15) is 4.79 Å². The molecule has 3 rings (SSSR count). The Morgan fingerprint density at radius 3 is 2.62 bits per heavy atom. The molecule has 0 radical (unpaired) electrons. The van der Waals surface area contributed by atoms with Crippen LogP contribution in [0.1, 0.15) is 56.7 Å². The monoisotopic (exact) mass is 403 g/mol. The molecule has 7 nitrogen and oxygen atoms in total. The molecular formula is C22H37N5O2. The van der Waals surface area contributed by atoms with Crippen LogP contribution in [0.4, 0.5) is 0 Å². The molecule has 2 fully saturated rings. The molecule has 1 saturated heterocycles. The van der Waals surface area contributed by atoms with Gasteiger partial charge in [-0.25, -0.2) is 4.99 Å². The van der Waals surface area contributed by atoms with E-state index in [1.165, 1.54) is 44.9 Å². The van der Waals surface area contributed by atoms with Crippen LogP contribution in [0.5, 0.6) is 0 Å². The highest BCUT2D eigenvalue weighted by Crippen LogP contribution is 2.25. The number of likely N-dealkylation sites (N-methyl/N-ethyl adjacent to an activating group) is 1. The molecule has 1 amide bonds. The summed E-state index contributed by atoms with van der Waals surface area (Å²) in [7, 11) is 3.53. The summed E-state index contributed by atoms with van der Waals surface area (Å²) in [5.74, 6) is 2.41. The van der Waals surface area contributed by atoms with Crippen molar-refractivity contribution in [2.75, 3.05) is 46.8 Å². The van der Waals surface area contributed by atoms with E-state index in [4.69, 9.17) is 4.42 Å². The number of hydrogen-bond donors (Lipinski definition) is 2. The highest BCUT2D eigenvalue weighted by molar-refractivity contribution is 5.84.